The highest BCUT2D eigenvalue weighted by Crippen LogP contribution is 2.32. The minimum Gasteiger partial charge on any atom is -0.477 e. The Bertz CT molecular complexity index is 626. The van der Waals surface area contributed by atoms with Crippen LogP contribution in [0, 0.1) is 5.92 Å². The van der Waals surface area contributed by atoms with Crippen LogP contribution in [0.3, 0.4) is 0 Å². The summed E-state index contributed by atoms with van der Waals surface area (Å²) >= 11 is 1.59. The molecule has 0 fully saturated rings. The third-order valence-corrected chi connectivity index (χ3v) is 4.18. The topological polar surface area (TPSA) is 59.3 Å². The Kier molecular flexibility index (Phi) is 4.09. The second kappa shape index (κ2) is 5.63. The van der Waals surface area contributed by atoms with Crippen molar-refractivity contribution >= 4 is 23.1 Å². The predicted molar refractivity (Wildman–Crippen MR) is 78.7 cm³/mol. The average molecular weight is 291 g/mol. The molecule has 0 aliphatic carbocycles. The Morgan fingerprint density at radius 3 is 2.50 bits per heavy atom. The molecule has 0 bridgehead atoms. The second-order valence-corrected chi connectivity index (χ2v) is 6.07. The van der Waals surface area contributed by atoms with E-state index in [2.05, 4.69) is 0 Å². The summed E-state index contributed by atoms with van der Waals surface area (Å²) in [5.74, 6) is -0.918. The maximum absolute atomic E-state index is 11.5. The number of carboxylic acids is 1. The number of carbonyl (C=O) groups is 2. The van der Waals surface area contributed by atoms with E-state index < -0.39 is 5.97 Å². The van der Waals surface area contributed by atoms with Crippen LogP contribution >= 0.6 is 11.3 Å². The summed E-state index contributed by atoms with van der Waals surface area (Å²) in [7, 11) is 0. The largest absolute Gasteiger partial charge is 0.477 e. The molecular weight excluding hydrogens is 274 g/mol. The van der Waals surface area contributed by atoms with Crippen LogP contribution in [-0.2, 0) is 0 Å². The molecule has 0 amide bonds. The molecule has 0 spiro atoms. The molecular formula is C15H17NO3S. The standard InChI is InChI=1S/C15H17NO3S/c1-9(2)14(13-5-4-6-20-13)16-8-11(10(3)17)7-12(16)15(18)19/h4-9,14H,1-3H3,(H,18,19). The monoisotopic (exact) mass is 291 g/mol. The number of ketones is 1. The zero-order valence-corrected chi connectivity index (χ0v) is 12.5. The highest BCUT2D eigenvalue weighted by molar-refractivity contribution is 7.10. The molecule has 20 heavy (non-hydrogen) atoms. The van der Waals surface area contributed by atoms with Gasteiger partial charge in [-0.05, 0) is 30.4 Å². The molecule has 0 radical (unpaired) electrons. The fourth-order valence-corrected chi connectivity index (χ4v) is 3.32. The first kappa shape index (κ1) is 14.5. The van der Waals surface area contributed by atoms with Crippen molar-refractivity contribution in [3.05, 3.63) is 45.9 Å². The van der Waals surface area contributed by atoms with Gasteiger partial charge in [-0.3, -0.25) is 4.79 Å². The number of carbonyl (C=O) groups excluding carboxylic acids is 1. The first-order valence-electron chi connectivity index (χ1n) is 6.41. The maximum atomic E-state index is 11.5. The van der Waals surface area contributed by atoms with Gasteiger partial charge in [-0.2, -0.15) is 0 Å². The third-order valence-electron chi connectivity index (χ3n) is 3.24. The highest BCUT2D eigenvalue weighted by atomic mass is 32.1. The van der Waals surface area contributed by atoms with Crippen molar-refractivity contribution in [2.45, 2.75) is 26.8 Å². The smallest absolute Gasteiger partial charge is 0.352 e. The molecule has 5 heteroatoms. The van der Waals surface area contributed by atoms with Crippen LogP contribution < -0.4 is 0 Å². The molecule has 1 unspecified atom stereocenters. The minimum absolute atomic E-state index is 0.0748. The molecule has 0 aliphatic heterocycles. The van der Waals surface area contributed by atoms with Crippen LogP contribution in [0.1, 0.15) is 52.5 Å². The van der Waals surface area contributed by atoms with Crippen LogP contribution in [0.5, 0.6) is 0 Å². The van der Waals surface area contributed by atoms with E-state index in [1.807, 2.05) is 31.4 Å². The minimum atomic E-state index is -1.01. The Balaban J connectivity index is 2.58. The number of aromatic carboxylic acids is 1. The van der Waals surface area contributed by atoms with Crippen LogP contribution in [0.15, 0.2) is 29.8 Å². The van der Waals surface area contributed by atoms with Crippen LogP contribution in [0.25, 0.3) is 0 Å². The van der Waals surface area contributed by atoms with Crippen LogP contribution in [0.4, 0.5) is 0 Å². The summed E-state index contributed by atoms with van der Waals surface area (Å²) in [6, 6.07) is 5.32. The number of rotatable bonds is 5. The summed E-state index contributed by atoms with van der Waals surface area (Å²) in [6.45, 7) is 5.54. The van der Waals surface area contributed by atoms with Crippen LogP contribution in [-0.4, -0.2) is 21.4 Å². The van der Waals surface area contributed by atoms with Crippen molar-refractivity contribution in [2.24, 2.45) is 5.92 Å². The Labute approximate surface area is 121 Å². The average Bonchev–Trinajstić information content (AvgIpc) is 2.97. The summed E-state index contributed by atoms with van der Waals surface area (Å²) in [5.41, 5.74) is 0.590. The molecule has 0 saturated heterocycles. The fraction of sp³-hybridized carbons (Fsp3) is 0.333. The lowest BCUT2D eigenvalue weighted by molar-refractivity contribution is 0.0682. The molecule has 2 rings (SSSR count). The van der Waals surface area contributed by atoms with Crippen molar-refractivity contribution in [1.82, 2.24) is 4.57 Å². The van der Waals surface area contributed by atoms with Gasteiger partial charge in [-0.15, -0.1) is 11.3 Å². The van der Waals surface area contributed by atoms with Crippen molar-refractivity contribution in [1.29, 1.82) is 0 Å². The van der Waals surface area contributed by atoms with Crippen molar-refractivity contribution < 1.29 is 14.7 Å². The van der Waals surface area contributed by atoms with E-state index in [9.17, 15) is 14.7 Å². The maximum Gasteiger partial charge on any atom is 0.352 e. The SMILES string of the molecule is CC(=O)c1cc(C(=O)O)n(C(c2cccs2)C(C)C)c1. The summed E-state index contributed by atoms with van der Waals surface area (Å²) in [6.07, 6.45) is 1.65. The normalized spacial score (nSPS) is 12.6. The van der Waals surface area contributed by atoms with Gasteiger partial charge < -0.3 is 9.67 Å². The number of hydrogen-bond acceptors (Lipinski definition) is 3. The molecule has 2 aromatic heterocycles. The van der Waals surface area contributed by atoms with Gasteiger partial charge in [0, 0.05) is 16.6 Å². The lowest BCUT2D eigenvalue weighted by Gasteiger charge is -2.23. The van der Waals surface area contributed by atoms with Gasteiger partial charge in [0.2, 0.25) is 0 Å². The molecule has 0 aliphatic rings. The first-order chi connectivity index (χ1) is 9.41. The van der Waals surface area contributed by atoms with E-state index in [1.54, 1.807) is 22.1 Å². The van der Waals surface area contributed by atoms with Crippen molar-refractivity contribution in [3.63, 3.8) is 0 Å². The summed E-state index contributed by atoms with van der Waals surface area (Å²) in [5, 5.41) is 11.3. The number of Topliss-reactive ketones (excluding diaryl/α,β-unsaturated/α-hetero) is 1. The number of nitrogens with zero attached hydrogens (tertiary/aromatic N) is 1. The number of carboxylic acid groups (broad SMARTS) is 1. The van der Waals surface area contributed by atoms with Gasteiger partial charge >= 0.3 is 5.97 Å². The second-order valence-electron chi connectivity index (χ2n) is 5.09. The quantitative estimate of drug-likeness (QED) is 0.855. The molecule has 4 nitrogen and oxygen atoms in total. The third kappa shape index (κ3) is 2.67. The molecule has 1 atom stereocenters. The first-order valence-corrected chi connectivity index (χ1v) is 7.29. The molecule has 1 N–H and O–H groups in total. The molecule has 106 valence electrons. The van der Waals surface area contributed by atoms with Crippen LogP contribution in [0.2, 0.25) is 0 Å². The van der Waals surface area contributed by atoms with Crippen molar-refractivity contribution in [3.8, 4) is 0 Å². The summed E-state index contributed by atoms with van der Waals surface area (Å²) < 4.78 is 1.70. The lowest BCUT2D eigenvalue weighted by atomic mass is 10.0. The fourth-order valence-electron chi connectivity index (χ4n) is 2.32. The molecule has 2 heterocycles. The van der Waals surface area contributed by atoms with E-state index in [4.69, 9.17) is 0 Å². The Morgan fingerprint density at radius 2 is 2.05 bits per heavy atom. The zero-order chi connectivity index (χ0) is 14.9. The number of hydrogen-bond donors (Lipinski definition) is 1. The van der Waals surface area contributed by atoms with E-state index in [1.165, 1.54) is 13.0 Å². The van der Waals surface area contributed by atoms with E-state index in [-0.39, 0.29) is 23.4 Å². The van der Waals surface area contributed by atoms with Gasteiger partial charge in [0.05, 0.1) is 6.04 Å². The summed E-state index contributed by atoms with van der Waals surface area (Å²) in [4.78, 5) is 24.0. The van der Waals surface area contributed by atoms with E-state index >= 15 is 0 Å². The molecule has 0 saturated carbocycles. The molecule has 0 aromatic carbocycles. The Morgan fingerprint density at radius 1 is 1.35 bits per heavy atom. The predicted octanol–water partition coefficient (Wildman–Crippen LogP) is 3.70. The van der Waals surface area contributed by atoms with Gasteiger partial charge in [-0.1, -0.05) is 19.9 Å². The van der Waals surface area contributed by atoms with Gasteiger partial charge in [-0.25, -0.2) is 4.79 Å². The molecule has 2 aromatic rings. The van der Waals surface area contributed by atoms with Gasteiger partial charge in [0.1, 0.15) is 5.69 Å². The zero-order valence-electron chi connectivity index (χ0n) is 11.7. The number of aromatic nitrogens is 1. The van der Waals surface area contributed by atoms with Gasteiger partial charge in [0.25, 0.3) is 0 Å². The van der Waals surface area contributed by atoms with Crippen molar-refractivity contribution in [2.75, 3.05) is 0 Å². The van der Waals surface area contributed by atoms with Gasteiger partial charge in [0.15, 0.2) is 5.78 Å². The van der Waals surface area contributed by atoms with E-state index in [0.29, 0.717) is 5.56 Å². The number of thiophene rings is 1. The highest BCUT2D eigenvalue weighted by Gasteiger charge is 2.25. The Hall–Kier alpha value is -1.88. The lowest BCUT2D eigenvalue weighted by Crippen LogP contribution is -2.19. The van der Waals surface area contributed by atoms with E-state index in [0.717, 1.165) is 4.88 Å².